The summed E-state index contributed by atoms with van der Waals surface area (Å²) in [6, 6.07) is 21.3. The van der Waals surface area contributed by atoms with E-state index in [0.29, 0.717) is 27.2 Å². The molecule has 3 aliphatic carbocycles. The highest BCUT2D eigenvalue weighted by molar-refractivity contribution is 6.31. The summed E-state index contributed by atoms with van der Waals surface area (Å²) >= 11 is 0. The van der Waals surface area contributed by atoms with Gasteiger partial charge in [0.15, 0.2) is 23.1 Å². The molecule has 6 atom stereocenters. The first kappa shape index (κ1) is 31.1. The van der Waals surface area contributed by atoms with Crippen LogP contribution in [0.3, 0.4) is 0 Å². The number of hydrogen-bond donors (Lipinski definition) is 1. The van der Waals surface area contributed by atoms with Gasteiger partial charge < -0.3 is 19.3 Å². The first-order valence-electron chi connectivity index (χ1n) is 15.7. The van der Waals surface area contributed by atoms with Gasteiger partial charge in [-0.1, -0.05) is 72.3 Å². The third kappa shape index (κ3) is 4.28. The molecule has 6 unspecified atom stereocenters. The Morgan fingerprint density at radius 1 is 0.854 bits per heavy atom. The maximum absolute atomic E-state index is 15.1. The van der Waals surface area contributed by atoms with E-state index in [1.165, 1.54) is 20.3 Å². The molecule has 0 bridgehead atoms. The smallest absolute Gasteiger partial charge is 0.423 e. The standard InChI is InChI=1S/C38H33NO9/c1-46-28-16-21(17-29(47-2)34(28)42)32-23-14-15-24-31(36(44)39(35(24)43)37(45)48-3)26(23)18-27-33(41)25(20-10-6-4-7-11-20)19-30(40)38(27,32)22-12-8-5-9-13-22/h4-14,16-17,19,24,26-27,31-32,42H,15,18H2,1-3H3. The number of ether oxygens (including phenoxy) is 3. The lowest BCUT2D eigenvalue weighted by Gasteiger charge is -2.55. The fourth-order valence-electron chi connectivity index (χ4n) is 8.60. The number of phenols is 1. The summed E-state index contributed by atoms with van der Waals surface area (Å²) in [6.45, 7) is 0. The molecule has 1 N–H and O–H groups in total. The van der Waals surface area contributed by atoms with Crippen molar-refractivity contribution < 1.29 is 43.3 Å². The molecule has 3 aromatic carbocycles. The van der Waals surface area contributed by atoms with Gasteiger partial charge in [-0.3, -0.25) is 19.2 Å². The molecule has 0 spiro atoms. The molecular formula is C38H33NO9. The van der Waals surface area contributed by atoms with Gasteiger partial charge in [0.25, 0.3) is 0 Å². The van der Waals surface area contributed by atoms with E-state index in [9.17, 15) is 24.3 Å². The lowest BCUT2D eigenvalue weighted by Crippen LogP contribution is -2.58. The van der Waals surface area contributed by atoms with Crippen molar-refractivity contribution in [3.05, 3.63) is 107 Å². The van der Waals surface area contributed by atoms with Crippen molar-refractivity contribution in [3.63, 3.8) is 0 Å². The second-order valence-corrected chi connectivity index (χ2v) is 12.5. The van der Waals surface area contributed by atoms with Gasteiger partial charge >= 0.3 is 6.09 Å². The SMILES string of the molecule is COC(=O)N1C(=O)C2CC=C3C(CC4C(=O)C(c5ccccc5)=CC(=O)C4(c4ccccc4)C3c3cc(OC)c(O)c(OC)c3)C2C1=O. The van der Waals surface area contributed by atoms with Gasteiger partial charge in [-0.15, -0.1) is 0 Å². The number of allylic oxidation sites excluding steroid dienone is 4. The number of fused-ring (bicyclic) bond motifs is 4. The minimum Gasteiger partial charge on any atom is -0.502 e. The highest BCUT2D eigenvalue weighted by Gasteiger charge is 2.66. The molecule has 244 valence electrons. The molecule has 1 aliphatic heterocycles. The monoisotopic (exact) mass is 647 g/mol. The van der Waals surface area contributed by atoms with Crippen LogP contribution in [0.15, 0.2) is 90.5 Å². The summed E-state index contributed by atoms with van der Waals surface area (Å²) in [6.07, 6.45) is 2.47. The highest BCUT2D eigenvalue weighted by atomic mass is 16.5. The van der Waals surface area contributed by atoms with Crippen LogP contribution in [0.2, 0.25) is 0 Å². The normalized spacial score (nSPS) is 27.7. The number of aromatic hydroxyl groups is 1. The van der Waals surface area contributed by atoms with Gasteiger partial charge in [-0.2, -0.15) is 4.90 Å². The van der Waals surface area contributed by atoms with Crippen molar-refractivity contribution >= 4 is 35.0 Å². The van der Waals surface area contributed by atoms with Crippen LogP contribution < -0.4 is 9.47 Å². The van der Waals surface area contributed by atoms with E-state index >= 15 is 4.79 Å². The molecule has 1 heterocycles. The summed E-state index contributed by atoms with van der Waals surface area (Å²) in [4.78, 5) is 70.7. The first-order valence-corrected chi connectivity index (χ1v) is 15.7. The van der Waals surface area contributed by atoms with E-state index < -0.39 is 52.9 Å². The van der Waals surface area contributed by atoms with Crippen molar-refractivity contribution in [2.75, 3.05) is 21.3 Å². The average Bonchev–Trinajstić information content (AvgIpc) is 3.38. The summed E-state index contributed by atoms with van der Waals surface area (Å²) < 4.78 is 15.9. The molecule has 0 aromatic heterocycles. The van der Waals surface area contributed by atoms with E-state index in [2.05, 4.69) is 0 Å². The summed E-state index contributed by atoms with van der Waals surface area (Å²) in [5.74, 6) is -6.23. The Labute approximate surface area is 276 Å². The molecule has 3 amide bonds. The highest BCUT2D eigenvalue weighted by Crippen LogP contribution is 2.64. The summed E-state index contributed by atoms with van der Waals surface area (Å²) in [5, 5.41) is 10.9. The number of carbonyl (C=O) groups is 5. The average molecular weight is 648 g/mol. The van der Waals surface area contributed by atoms with Gasteiger partial charge in [0, 0.05) is 17.4 Å². The van der Waals surface area contributed by atoms with E-state index in [-0.39, 0.29) is 47.2 Å². The lowest BCUT2D eigenvalue weighted by atomic mass is 9.44. The van der Waals surface area contributed by atoms with Gasteiger partial charge in [0.2, 0.25) is 17.6 Å². The van der Waals surface area contributed by atoms with Crippen molar-refractivity contribution in [1.29, 1.82) is 0 Å². The Morgan fingerprint density at radius 2 is 1.48 bits per heavy atom. The Hall–Kier alpha value is -5.51. The minimum absolute atomic E-state index is 0.0769. The number of phenolic OH excluding ortho intramolecular Hbond substituents is 1. The topological polar surface area (TPSA) is 137 Å². The second-order valence-electron chi connectivity index (χ2n) is 12.5. The van der Waals surface area contributed by atoms with Gasteiger partial charge in [-0.25, -0.2) is 4.79 Å². The van der Waals surface area contributed by atoms with Crippen molar-refractivity contribution in [3.8, 4) is 17.2 Å². The van der Waals surface area contributed by atoms with Crippen LogP contribution in [0, 0.1) is 23.7 Å². The Morgan fingerprint density at radius 3 is 2.08 bits per heavy atom. The molecule has 1 saturated carbocycles. The number of rotatable bonds is 5. The molecule has 4 aliphatic rings. The quantitative estimate of drug-likeness (QED) is 0.300. The van der Waals surface area contributed by atoms with Crippen LogP contribution in [0.1, 0.15) is 35.4 Å². The summed E-state index contributed by atoms with van der Waals surface area (Å²) in [5.41, 5.74) is 1.20. The van der Waals surface area contributed by atoms with Crippen molar-refractivity contribution in [1.82, 2.24) is 4.90 Å². The van der Waals surface area contributed by atoms with Crippen LogP contribution in [0.5, 0.6) is 17.2 Å². The Balaban J connectivity index is 1.53. The number of likely N-dealkylation sites (tertiary alicyclic amines) is 1. The van der Waals surface area contributed by atoms with Crippen LogP contribution in [-0.2, 0) is 29.3 Å². The van der Waals surface area contributed by atoms with Gasteiger partial charge in [-0.05, 0) is 53.7 Å². The minimum atomic E-state index is -1.48. The number of nitrogens with zero attached hydrogens (tertiary/aromatic N) is 1. The first-order chi connectivity index (χ1) is 23.2. The van der Waals surface area contributed by atoms with E-state index in [4.69, 9.17) is 14.2 Å². The molecule has 10 heteroatoms. The van der Waals surface area contributed by atoms with Crippen LogP contribution >= 0.6 is 0 Å². The third-order valence-electron chi connectivity index (χ3n) is 10.6. The second kappa shape index (κ2) is 11.6. The number of carbonyl (C=O) groups excluding carboxylic acids is 5. The number of methoxy groups -OCH3 is 3. The Bertz CT molecular complexity index is 1910. The molecule has 0 radical (unpaired) electrons. The predicted molar refractivity (Wildman–Crippen MR) is 172 cm³/mol. The molecule has 2 fully saturated rings. The zero-order chi connectivity index (χ0) is 33.9. The zero-order valence-electron chi connectivity index (χ0n) is 26.5. The molecule has 10 nitrogen and oxygen atoms in total. The predicted octanol–water partition coefficient (Wildman–Crippen LogP) is 5.00. The molecular weight excluding hydrogens is 614 g/mol. The number of Topliss-reactive ketones (excluding diaryl/α,β-unsaturated/α-hetero) is 1. The number of benzene rings is 3. The van der Waals surface area contributed by atoms with E-state index in [1.54, 1.807) is 36.4 Å². The van der Waals surface area contributed by atoms with E-state index in [1.807, 2.05) is 42.5 Å². The Kier molecular flexibility index (Phi) is 7.53. The number of hydrogen-bond acceptors (Lipinski definition) is 9. The summed E-state index contributed by atoms with van der Waals surface area (Å²) in [7, 11) is 3.90. The lowest BCUT2D eigenvalue weighted by molar-refractivity contribution is -0.138. The largest absolute Gasteiger partial charge is 0.502 e. The molecule has 7 rings (SSSR count). The molecule has 1 saturated heterocycles. The van der Waals surface area contributed by atoms with Gasteiger partial charge in [0.1, 0.15) is 0 Å². The van der Waals surface area contributed by atoms with Crippen molar-refractivity contribution in [2.45, 2.75) is 24.2 Å². The van der Waals surface area contributed by atoms with Crippen LogP contribution in [0.25, 0.3) is 5.57 Å². The van der Waals surface area contributed by atoms with Crippen LogP contribution in [0.4, 0.5) is 4.79 Å². The van der Waals surface area contributed by atoms with E-state index in [0.717, 1.165) is 7.11 Å². The molecule has 3 aromatic rings. The maximum Gasteiger partial charge on any atom is 0.423 e. The third-order valence-corrected chi connectivity index (χ3v) is 10.6. The van der Waals surface area contributed by atoms with Crippen LogP contribution in [-0.4, -0.2) is 60.8 Å². The number of amides is 3. The van der Waals surface area contributed by atoms with Gasteiger partial charge in [0.05, 0.1) is 38.6 Å². The fourth-order valence-corrected chi connectivity index (χ4v) is 8.60. The fraction of sp³-hybridized carbons (Fsp3) is 0.289. The maximum atomic E-state index is 15.1. The number of imide groups is 3. The van der Waals surface area contributed by atoms with Crippen molar-refractivity contribution in [2.24, 2.45) is 23.7 Å². The number of ketones is 2. The molecule has 48 heavy (non-hydrogen) atoms. The zero-order valence-corrected chi connectivity index (χ0v) is 26.5.